The zero-order valence-corrected chi connectivity index (χ0v) is 12.4. The minimum atomic E-state index is -0.0748. The lowest BCUT2D eigenvalue weighted by Gasteiger charge is -2.44. The lowest BCUT2D eigenvalue weighted by Crippen LogP contribution is -2.57. The molecule has 110 valence electrons. The molecule has 1 unspecified atom stereocenters. The van der Waals surface area contributed by atoms with Crippen molar-refractivity contribution in [1.29, 1.82) is 0 Å². The molecule has 0 aliphatic carbocycles. The number of thiophene rings is 1. The van der Waals surface area contributed by atoms with E-state index in [0.717, 1.165) is 25.0 Å². The molecule has 3 fully saturated rings. The number of carbonyl (C=O) groups excluding carboxylic acids is 1. The van der Waals surface area contributed by atoms with Gasteiger partial charge in [0.1, 0.15) is 9.71 Å². The van der Waals surface area contributed by atoms with Gasteiger partial charge in [-0.25, -0.2) is 0 Å². The van der Waals surface area contributed by atoms with Crippen LogP contribution in [0.4, 0.5) is 5.69 Å². The molecule has 1 atom stereocenters. The first-order valence-electron chi connectivity index (χ1n) is 7.25. The van der Waals surface area contributed by atoms with Crippen LogP contribution >= 0.6 is 11.3 Å². The quantitative estimate of drug-likeness (QED) is 0.868. The van der Waals surface area contributed by atoms with Gasteiger partial charge < -0.3 is 16.0 Å². The SMILES string of the molecule is Nc1c(C(=O)NC2CN3CCC2CC3)sc2nnccc12. The molecule has 0 aromatic carbocycles. The normalized spacial score (nSPS) is 27.9. The number of amides is 1. The molecule has 3 aliphatic rings. The fourth-order valence-electron chi connectivity index (χ4n) is 3.40. The van der Waals surface area contributed by atoms with E-state index in [1.165, 1.54) is 24.2 Å². The van der Waals surface area contributed by atoms with E-state index in [-0.39, 0.29) is 11.9 Å². The number of piperidine rings is 3. The van der Waals surface area contributed by atoms with Crippen LogP contribution in [0.1, 0.15) is 22.5 Å². The van der Waals surface area contributed by atoms with Gasteiger partial charge in [0, 0.05) is 18.0 Å². The second-order valence-corrected chi connectivity index (χ2v) is 6.81. The second kappa shape index (κ2) is 4.92. The largest absolute Gasteiger partial charge is 0.397 e. The van der Waals surface area contributed by atoms with E-state index in [2.05, 4.69) is 20.4 Å². The maximum atomic E-state index is 12.5. The second-order valence-electron chi connectivity index (χ2n) is 5.81. The number of hydrogen-bond acceptors (Lipinski definition) is 6. The first-order chi connectivity index (χ1) is 10.2. The van der Waals surface area contributed by atoms with Gasteiger partial charge in [0.15, 0.2) is 0 Å². The van der Waals surface area contributed by atoms with E-state index < -0.39 is 0 Å². The summed E-state index contributed by atoms with van der Waals surface area (Å²) in [5.74, 6) is 0.531. The maximum Gasteiger partial charge on any atom is 0.263 e. The maximum absolute atomic E-state index is 12.5. The molecule has 0 radical (unpaired) electrons. The number of hydrogen-bond donors (Lipinski definition) is 2. The fourth-order valence-corrected chi connectivity index (χ4v) is 4.35. The third-order valence-corrected chi connectivity index (χ3v) is 5.70. The number of rotatable bonds is 2. The van der Waals surface area contributed by atoms with Crippen LogP contribution in [-0.2, 0) is 0 Å². The van der Waals surface area contributed by atoms with Crippen molar-refractivity contribution in [2.45, 2.75) is 18.9 Å². The Morgan fingerprint density at radius 2 is 2.24 bits per heavy atom. The van der Waals surface area contributed by atoms with E-state index in [1.807, 2.05) is 0 Å². The van der Waals surface area contributed by atoms with Crippen molar-refractivity contribution >= 4 is 33.1 Å². The summed E-state index contributed by atoms with van der Waals surface area (Å²) in [5.41, 5.74) is 6.61. The predicted octanol–water partition coefficient (Wildman–Crippen LogP) is 1.10. The summed E-state index contributed by atoms with van der Waals surface area (Å²) >= 11 is 1.32. The van der Waals surface area contributed by atoms with Crippen molar-refractivity contribution in [2.75, 3.05) is 25.4 Å². The molecule has 21 heavy (non-hydrogen) atoms. The van der Waals surface area contributed by atoms with Gasteiger partial charge >= 0.3 is 0 Å². The van der Waals surface area contributed by atoms with Gasteiger partial charge in [-0.2, -0.15) is 5.10 Å². The number of nitrogens with one attached hydrogen (secondary N) is 1. The van der Waals surface area contributed by atoms with Crippen molar-refractivity contribution in [3.05, 3.63) is 17.1 Å². The molecule has 3 N–H and O–H groups in total. The smallest absolute Gasteiger partial charge is 0.263 e. The third kappa shape index (κ3) is 2.16. The van der Waals surface area contributed by atoms with Crippen LogP contribution < -0.4 is 11.1 Å². The van der Waals surface area contributed by atoms with E-state index in [0.29, 0.717) is 21.3 Å². The number of nitrogens with two attached hydrogens (primary N) is 1. The van der Waals surface area contributed by atoms with E-state index in [1.54, 1.807) is 12.3 Å². The van der Waals surface area contributed by atoms with Gasteiger partial charge in [0.25, 0.3) is 5.91 Å². The molecule has 0 saturated carbocycles. The molecule has 5 heterocycles. The monoisotopic (exact) mass is 303 g/mol. The highest BCUT2D eigenvalue weighted by atomic mass is 32.1. The topological polar surface area (TPSA) is 84.1 Å². The Kier molecular flexibility index (Phi) is 3.04. The van der Waals surface area contributed by atoms with Gasteiger partial charge in [-0.3, -0.25) is 4.79 Å². The van der Waals surface area contributed by atoms with Crippen molar-refractivity contribution in [3.63, 3.8) is 0 Å². The van der Waals surface area contributed by atoms with Crippen molar-refractivity contribution < 1.29 is 4.79 Å². The summed E-state index contributed by atoms with van der Waals surface area (Å²) in [7, 11) is 0. The van der Waals surface area contributed by atoms with Gasteiger partial charge in [-0.1, -0.05) is 0 Å². The molecule has 0 spiro atoms. The lowest BCUT2D eigenvalue weighted by atomic mass is 9.84. The number of anilines is 1. The molecule has 5 rings (SSSR count). The molecular weight excluding hydrogens is 286 g/mol. The molecule has 3 aliphatic heterocycles. The van der Waals surface area contributed by atoms with Gasteiger partial charge in [0.2, 0.25) is 0 Å². The number of nitrogens with zero attached hydrogens (tertiary/aromatic N) is 3. The number of carbonyl (C=O) groups is 1. The summed E-state index contributed by atoms with van der Waals surface area (Å²) < 4.78 is 0. The van der Waals surface area contributed by atoms with E-state index in [9.17, 15) is 4.79 Å². The molecular formula is C14H17N5OS. The number of nitrogen functional groups attached to an aromatic ring is 1. The molecule has 2 aromatic heterocycles. The Morgan fingerprint density at radius 3 is 2.90 bits per heavy atom. The lowest BCUT2D eigenvalue weighted by molar-refractivity contribution is 0.0623. The van der Waals surface area contributed by atoms with Crippen molar-refractivity contribution in [1.82, 2.24) is 20.4 Å². The Hall–Kier alpha value is -1.73. The Bertz CT molecular complexity index is 692. The standard InChI is InChI=1S/C14H17N5OS/c15-11-9-1-4-16-18-14(9)21-12(11)13(20)17-10-7-19-5-2-8(10)3-6-19/h1,4,8,10H,2-3,5-7,15H2,(H,17,20). The van der Waals surface area contributed by atoms with E-state index in [4.69, 9.17) is 5.73 Å². The van der Waals surface area contributed by atoms with Crippen LogP contribution in [0.3, 0.4) is 0 Å². The summed E-state index contributed by atoms with van der Waals surface area (Å²) in [6, 6.07) is 2.05. The van der Waals surface area contributed by atoms with Gasteiger partial charge in [-0.05, 0) is 37.9 Å². The number of fused-ring (bicyclic) bond motifs is 4. The fraction of sp³-hybridized carbons (Fsp3) is 0.500. The Labute approximate surface area is 126 Å². The Morgan fingerprint density at radius 1 is 1.43 bits per heavy atom. The minimum Gasteiger partial charge on any atom is -0.397 e. The zero-order chi connectivity index (χ0) is 14.4. The zero-order valence-electron chi connectivity index (χ0n) is 11.6. The van der Waals surface area contributed by atoms with Gasteiger partial charge in [0.05, 0.1) is 11.9 Å². The first kappa shape index (κ1) is 13.0. The summed E-state index contributed by atoms with van der Waals surface area (Å²) in [6.07, 6.45) is 3.96. The van der Waals surface area contributed by atoms with E-state index >= 15 is 0 Å². The van der Waals surface area contributed by atoms with Crippen LogP contribution in [0.25, 0.3) is 10.2 Å². The van der Waals surface area contributed by atoms with Crippen molar-refractivity contribution in [3.8, 4) is 0 Å². The molecule has 3 saturated heterocycles. The average Bonchev–Trinajstić information content (AvgIpc) is 2.86. The van der Waals surface area contributed by atoms with Crippen molar-refractivity contribution in [2.24, 2.45) is 5.92 Å². The van der Waals surface area contributed by atoms with Gasteiger partial charge in [-0.15, -0.1) is 16.4 Å². The summed E-state index contributed by atoms with van der Waals surface area (Å²) in [6.45, 7) is 3.29. The predicted molar refractivity (Wildman–Crippen MR) is 82.2 cm³/mol. The average molecular weight is 303 g/mol. The molecule has 2 aromatic rings. The van der Waals surface area contributed by atoms with Crippen LogP contribution in [0, 0.1) is 5.92 Å². The summed E-state index contributed by atoms with van der Waals surface area (Å²) in [4.78, 5) is 16.2. The third-order valence-electron chi connectivity index (χ3n) is 4.60. The molecule has 2 bridgehead atoms. The highest BCUT2D eigenvalue weighted by Gasteiger charge is 2.35. The highest BCUT2D eigenvalue weighted by Crippen LogP contribution is 2.32. The minimum absolute atomic E-state index is 0.0748. The Balaban J connectivity index is 1.58. The highest BCUT2D eigenvalue weighted by molar-refractivity contribution is 7.21. The molecule has 7 heteroatoms. The first-order valence-corrected chi connectivity index (χ1v) is 8.07. The van der Waals surface area contributed by atoms with Crippen LogP contribution in [0.15, 0.2) is 12.3 Å². The summed E-state index contributed by atoms with van der Waals surface area (Å²) in [5, 5.41) is 11.9. The number of aromatic nitrogens is 2. The molecule has 6 nitrogen and oxygen atoms in total. The van der Waals surface area contributed by atoms with Crippen LogP contribution in [0.2, 0.25) is 0 Å². The van der Waals surface area contributed by atoms with Crippen LogP contribution in [0.5, 0.6) is 0 Å². The molecule has 1 amide bonds. The van der Waals surface area contributed by atoms with Crippen LogP contribution in [-0.4, -0.2) is 46.7 Å².